The molecule has 0 bridgehead atoms. The van der Waals surface area contributed by atoms with Gasteiger partial charge in [-0.2, -0.15) is 4.31 Å². The van der Waals surface area contributed by atoms with Crippen LogP contribution in [-0.2, 0) is 19.6 Å². The van der Waals surface area contributed by atoms with E-state index >= 15 is 0 Å². The molecule has 1 aliphatic rings. The zero-order valence-corrected chi connectivity index (χ0v) is 20.5. The van der Waals surface area contributed by atoms with Crippen molar-refractivity contribution in [3.8, 4) is 11.5 Å². The van der Waals surface area contributed by atoms with Crippen LogP contribution in [0.3, 0.4) is 0 Å². The molecule has 2 aromatic carbocycles. The number of nitrogens with zero attached hydrogens (tertiary/aromatic N) is 2. The molecule has 0 saturated carbocycles. The van der Waals surface area contributed by atoms with E-state index in [1.165, 1.54) is 34.6 Å². The van der Waals surface area contributed by atoms with Crippen LogP contribution in [0.4, 0.5) is 4.79 Å². The summed E-state index contributed by atoms with van der Waals surface area (Å²) >= 11 is 5.86. The van der Waals surface area contributed by atoms with Gasteiger partial charge in [0.15, 0.2) is 0 Å². The van der Waals surface area contributed by atoms with Crippen LogP contribution in [0, 0.1) is 0 Å². The SMILES string of the molecule is CC(C)(C)OC(=O)N1CCN(S(=O)(=O)c2ccc(Oc3ccc(Cl)cc3)cc2)[C@@H](C(=O)NO)C1. The largest absolute Gasteiger partial charge is 0.457 e. The molecule has 2 aromatic rings. The molecule has 10 nitrogen and oxygen atoms in total. The highest BCUT2D eigenvalue weighted by Gasteiger charge is 2.42. The Bertz CT molecular complexity index is 1130. The topological polar surface area (TPSA) is 125 Å². The first kappa shape index (κ1) is 25.8. The summed E-state index contributed by atoms with van der Waals surface area (Å²) in [6.45, 7) is 4.67. The third kappa shape index (κ3) is 6.17. The van der Waals surface area contributed by atoms with Gasteiger partial charge in [-0.15, -0.1) is 0 Å². The first-order chi connectivity index (χ1) is 15.9. The third-order valence-electron chi connectivity index (χ3n) is 4.88. The first-order valence-corrected chi connectivity index (χ1v) is 12.2. The van der Waals surface area contributed by atoms with Crippen molar-refractivity contribution in [1.82, 2.24) is 14.7 Å². The normalized spacial score (nSPS) is 17.2. The summed E-state index contributed by atoms with van der Waals surface area (Å²) in [5.41, 5.74) is 0.724. The highest BCUT2D eigenvalue weighted by atomic mass is 35.5. The summed E-state index contributed by atoms with van der Waals surface area (Å²) < 4.78 is 38.6. The van der Waals surface area contributed by atoms with Crippen LogP contribution < -0.4 is 10.2 Å². The van der Waals surface area contributed by atoms with Gasteiger partial charge < -0.3 is 14.4 Å². The summed E-state index contributed by atoms with van der Waals surface area (Å²) in [7, 11) is -4.14. The number of halogens is 1. The number of hydrogen-bond acceptors (Lipinski definition) is 7. The molecule has 34 heavy (non-hydrogen) atoms. The molecular weight excluding hydrogens is 486 g/mol. The van der Waals surface area contributed by atoms with Crippen LogP contribution in [0.15, 0.2) is 53.4 Å². The number of hydroxylamine groups is 1. The third-order valence-corrected chi connectivity index (χ3v) is 7.05. The molecule has 0 aliphatic carbocycles. The Morgan fingerprint density at radius 2 is 1.59 bits per heavy atom. The Hall–Kier alpha value is -2.86. The lowest BCUT2D eigenvalue weighted by molar-refractivity contribution is -0.134. The lowest BCUT2D eigenvalue weighted by Crippen LogP contribution is -2.61. The maximum atomic E-state index is 13.3. The number of carbonyl (C=O) groups excluding carboxylic acids is 2. The van der Waals surface area contributed by atoms with E-state index in [9.17, 15) is 18.0 Å². The van der Waals surface area contributed by atoms with Crippen molar-refractivity contribution in [2.45, 2.75) is 37.3 Å². The van der Waals surface area contributed by atoms with Gasteiger partial charge in [-0.05, 0) is 69.3 Å². The monoisotopic (exact) mass is 511 g/mol. The lowest BCUT2D eigenvalue weighted by Gasteiger charge is -2.39. The predicted octanol–water partition coefficient (Wildman–Crippen LogP) is 3.25. The van der Waals surface area contributed by atoms with E-state index < -0.39 is 33.7 Å². The maximum absolute atomic E-state index is 13.3. The second-order valence-corrected chi connectivity index (χ2v) is 10.9. The fourth-order valence-corrected chi connectivity index (χ4v) is 4.98. The molecule has 1 saturated heterocycles. The number of ether oxygens (including phenoxy) is 2. The minimum absolute atomic E-state index is 0.0150. The fourth-order valence-electron chi connectivity index (χ4n) is 3.29. The van der Waals surface area contributed by atoms with Gasteiger partial charge in [-0.3, -0.25) is 10.0 Å². The van der Waals surface area contributed by atoms with E-state index in [2.05, 4.69) is 0 Å². The van der Waals surface area contributed by atoms with Crippen molar-refractivity contribution in [3.05, 3.63) is 53.6 Å². The molecule has 2 N–H and O–H groups in total. The first-order valence-electron chi connectivity index (χ1n) is 10.4. The molecule has 3 rings (SSSR count). The molecule has 2 amide bonds. The molecule has 184 valence electrons. The number of nitrogens with one attached hydrogen (secondary N) is 1. The van der Waals surface area contributed by atoms with Gasteiger partial charge in [0.1, 0.15) is 23.1 Å². The smallest absolute Gasteiger partial charge is 0.410 e. The molecule has 1 atom stereocenters. The molecule has 0 unspecified atom stereocenters. The van der Waals surface area contributed by atoms with E-state index in [0.717, 1.165) is 4.31 Å². The summed E-state index contributed by atoms with van der Waals surface area (Å²) in [6, 6.07) is 11.0. The van der Waals surface area contributed by atoms with Crippen LogP contribution in [0.2, 0.25) is 5.02 Å². The van der Waals surface area contributed by atoms with Crippen LogP contribution in [0.5, 0.6) is 11.5 Å². The molecule has 0 spiro atoms. The van der Waals surface area contributed by atoms with E-state index in [0.29, 0.717) is 16.5 Å². The van der Waals surface area contributed by atoms with Crippen molar-refractivity contribution in [2.75, 3.05) is 19.6 Å². The van der Waals surface area contributed by atoms with Crippen molar-refractivity contribution in [1.29, 1.82) is 0 Å². The quantitative estimate of drug-likeness (QED) is 0.466. The number of amides is 2. The van der Waals surface area contributed by atoms with Gasteiger partial charge in [-0.1, -0.05) is 11.6 Å². The average Bonchev–Trinajstić information content (AvgIpc) is 2.79. The highest BCUT2D eigenvalue weighted by Crippen LogP contribution is 2.27. The standard InChI is InChI=1S/C22H26ClN3O7S/c1-22(2,3)33-21(28)25-12-13-26(19(14-25)20(27)24-29)34(30,31)18-10-8-17(9-11-18)32-16-6-4-15(23)5-7-16/h4-11,19,29H,12-14H2,1-3H3,(H,24,27)/t19-/m1/s1. The molecular formula is C22H26ClN3O7S. The second kappa shape index (κ2) is 10.2. The number of benzene rings is 2. The Balaban J connectivity index is 1.78. The average molecular weight is 512 g/mol. The second-order valence-electron chi connectivity index (χ2n) is 8.56. The molecule has 1 aliphatic heterocycles. The summed E-state index contributed by atoms with van der Waals surface area (Å²) in [6.07, 6.45) is -0.677. The van der Waals surface area contributed by atoms with Crippen LogP contribution in [-0.4, -0.2) is 66.1 Å². The molecule has 1 fully saturated rings. The highest BCUT2D eigenvalue weighted by molar-refractivity contribution is 7.89. The number of hydrogen-bond donors (Lipinski definition) is 2. The molecule has 12 heteroatoms. The maximum Gasteiger partial charge on any atom is 0.410 e. The Morgan fingerprint density at radius 1 is 1.03 bits per heavy atom. The lowest BCUT2D eigenvalue weighted by atomic mass is 10.2. The van der Waals surface area contributed by atoms with Crippen molar-refractivity contribution in [3.63, 3.8) is 0 Å². The number of sulfonamides is 1. The summed E-state index contributed by atoms with van der Waals surface area (Å²) in [4.78, 5) is 25.9. The van der Waals surface area contributed by atoms with Gasteiger partial charge in [0.05, 0.1) is 4.90 Å². The fraction of sp³-hybridized carbons (Fsp3) is 0.364. The number of carbonyl (C=O) groups is 2. The Morgan fingerprint density at radius 3 is 2.12 bits per heavy atom. The van der Waals surface area contributed by atoms with Crippen molar-refractivity contribution >= 4 is 33.6 Å². The summed E-state index contributed by atoms with van der Waals surface area (Å²) in [5.74, 6) is -0.0295. The van der Waals surface area contributed by atoms with E-state index in [1.807, 2.05) is 0 Å². The van der Waals surface area contributed by atoms with E-state index in [4.69, 9.17) is 26.3 Å². The minimum atomic E-state index is -4.14. The van der Waals surface area contributed by atoms with Crippen LogP contribution in [0.1, 0.15) is 20.8 Å². The van der Waals surface area contributed by atoms with Crippen molar-refractivity contribution in [2.24, 2.45) is 0 Å². The Labute approximate surface area is 203 Å². The van der Waals surface area contributed by atoms with Crippen molar-refractivity contribution < 1.29 is 32.7 Å². The predicted molar refractivity (Wildman–Crippen MR) is 123 cm³/mol. The van der Waals surface area contributed by atoms with Gasteiger partial charge in [0.25, 0.3) is 5.91 Å². The molecule has 0 radical (unpaired) electrons. The van der Waals surface area contributed by atoms with Gasteiger partial charge in [0, 0.05) is 24.7 Å². The molecule has 0 aromatic heterocycles. The zero-order chi connectivity index (χ0) is 25.1. The van der Waals surface area contributed by atoms with Gasteiger partial charge in [0.2, 0.25) is 10.0 Å². The zero-order valence-electron chi connectivity index (χ0n) is 18.9. The van der Waals surface area contributed by atoms with E-state index in [1.54, 1.807) is 45.0 Å². The number of rotatable bonds is 5. The van der Waals surface area contributed by atoms with Gasteiger partial charge in [-0.25, -0.2) is 18.7 Å². The Kier molecular flexibility index (Phi) is 7.71. The van der Waals surface area contributed by atoms with Crippen LogP contribution in [0.25, 0.3) is 0 Å². The van der Waals surface area contributed by atoms with Gasteiger partial charge >= 0.3 is 6.09 Å². The van der Waals surface area contributed by atoms with Crippen LogP contribution >= 0.6 is 11.6 Å². The number of piperazine rings is 1. The molecule has 1 heterocycles. The summed E-state index contributed by atoms with van der Waals surface area (Å²) in [5, 5.41) is 9.72. The minimum Gasteiger partial charge on any atom is -0.457 e. The van der Waals surface area contributed by atoms with E-state index in [-0.39, 0.29) is 24.5 Å².